The molecule has 0 unspecified atom stereocenters. The van der Waals surface area contributed by atoms with Crippen LogP contribution >= 0.6 is 0 Å². The Morgan fingerprint density at radius 1 is 1.18 bits per heavy atom. The third-order valence-electron chi connectivity index (χ3n) is 4.15. The standard InChI is InChI=1S/C20H23N3O5/c1-23(2)19(24)15-10-13(8-9-16(15)26-3)22-20(25)21-11-14-12-27-17-6-4-5-7-18(17)28-14/h4-10,14H,11-12H2,1-3H3,(H2,21,22,25)/t14-/m0/s1. The maximum absolute atomic E-state index is 12.3. The molecule has 2 N–H and O–H groups in total. The molecule has 1 aliphatic rings. The first-order chi connectivity index (χ1) is 13.5. The Kier molecular flexibility index (Phi) is 5.88. The fourth-order valence-electron chi connectivity index (χ4n) is 2.74. The molecule has 0 spiro atoms. The highest BCUT2D eigenvalue weighted by molar-refractivity contribution is 5.99. The summed E-state index contributed by atoms with van der Waals surface area (Å²) in [5.74, 6) is 1.57. The average molecular weight is 385 g/mol. The van der Waals surface area contributed by atoms with Crippen molar-refractivity contribution in [2.75, 3.05) is 39.7 Å². The number of urea groups is 1. The molecule has 0 radical (unpaired) electrons. The van der Waals surface area contributed by atoms with Crippen LogP contribution in [0, 0.1) is 0 Å². The van der Waals surface area contributed by atoms with Gasteiger partial charge in [0.25, 0.3) is 5.91 Å². The van der Waals surface area contributed by atoms with Crippen molar-refractivity contribution in [3.63, 3.8) is 0 Å². The molecule has 0 fully saturated rings. The molecule has 3 rings (SSSR count). The lowest BCUT2D eigenvalue weighted by Gasteiger charge is -2.26. The van der Waals surface area contributed by atoms with Crippen molar-refractivity contribution in [1.82, 2.24) is 10.2 Å². The Hall–Kier alpha value is -3.42. The summed E-state index contributed by atoms with van der Waals surface area (Å²) in [6.45, 7) is 0.626. The van der Waals surface area contributed by atoms with Crippen LogP contribution in [-0.2, 0) is 0 Å². The number of fused-ring (bicyclic) bond motifs is 1. The lowest BCUT2D eigenvalue weighted by molar-refractivity contribution is 0.0824. The van der Waals surface area contributed by atoms with Crippen LogP contribution in [-0.4, -0.2) is 57.3 Å². The summed E-state index contributed by atoms with van der Waals surface area (Å²) in [6, 6.07) is 11.9. The second-order valence-electron chi connectivity index (χ2n) is 6.45. The third-order valence-corrected chi connectivity index (χ3v) is 4.15. The molecule has 1 atom stereocenters. The lowest BCUT2D eigenvalue weighted by Crippen LogP contribution is -2.42. The van der Waals surface area contributed by atoms with Crippen LogP contribution in [0.15, 0.2) is 42.5 Å². The number of nitrogens with zero attached hydrogens (tertiary/aromatic N) is 1. The number of methoxy groups -OCH3 is 1. The van der Waals surface area contributed by atoms with Crippen molar-refractivity contribution in [3.8, 4) is 17.2 Å². The first-order valence-corrected chi connectivity index (χ1v) is 8.81. The van der Waals surface area contributed by atoms with Gasteiger partial charge in [-0.3, -0.25) is 4.79 Å². The Morgan fingerprint density at radius 3 is 2.64 bits per heavy atom. The first kappa shape index (κ1) is 19.3. The number of hydrogen-bond acceptors (Lipinski definition) is 5. The van der Waals surface area contributed by atoms with E-state index in [1.165, 1.54) is 12.0 Å². The normalized spacial score (nSPS) is 14.8. The smallest absolute Gasteiger partial charge is 0.319 e. The van der Waals surface area contributed by atoms with Crippen LogP contribution in [0.25, 0.3) is 0 Å². The molecule has 3 amide bonds. The van der Waals surface area contributed by atoms with Crippen molar-refractivity contribution >= 4 is 17.6 Å². The molecule has 0 aromatic heterocycles. The second-order valence-corrected chi connectivity index (χ2v) is 6.45. The number of nitrogens with one attached hydrogen (secondary N) is 2. The zero-order valence-electron chi connectivity index (χ0n) is 16.0. The van der Waals surface area contributed by atoms with Crippen molar-refractivity contribution in [2.45, 2.75) is 6.10 Å². The third kappa shape index (κ3) is 4.46. The summed E-state index contributed by atoms with van der Waals surface area (Å²) in [6.07, 6.45) is -0.289. The molecule has 0 bridgehead atoms. The van der Waals surface area contributed by atoms with Crippen LogP contribution in [0.3, 0.4) is 0 Å². The van der Waals surface area contributed by atoms with Crippen molar-refractivity contribution in [2.24, 2.45) is 0 Å². The Balaban J connectivity index is 1.58. The quantitative estimate of drug-likeness (QED) is 0.825. The number of anilines is 1. The fourth-order valence-corrected chi connectivity index (χ4v) is 2.74. The topological polar surface area (TPSA) is 89.1 Å². The highest BCUT2D eigenvalue weighted by Gasteiger charge is 2.21. The largest absolute Gasteiger partial charge is 0.496 e. The van der Waals surface area contributed by atoms with E-state index in [4.69, 9.17) is 14.2 Å². The minimum atomic E-state index is -0.407. The zero-order valence-corrected chi connectivity index (χ0v) is 16.0. The highest BCUT2D eigenvalue weighted by Crippen LogP contribution is 2.30. The van der Waals surface area contributed by atoms with E-state index in [1.807, 2.05) is 24.3 Å². The molecule has 1 aliphatic heterocycles. The number of benzene rings is 2. The molecule has 0 saturated carbocycles. The molecule has 8 nitrogen and oxygen atoms in total. The summed E-state index contributed by atoms with van der Waals surface area (Å²) in [5, 5.41) is 5.46. The average Bonchev–Trinajstić information content (AvgIpc) is 2.71. The van der Waals surface area contributed by atoms with E-state index < -0.39 is 6.03 Å². The van der Waals surface area contributed by atoms with E-state index in [-0.39, 0.29) is 18.6 Å². The Morgan fingerprint density at radius 2 is 1.93 bits per heavy atom. The summed E-state index contributed by atoms with van der Waals surface area (Å²) in [7, 11) is 4.80. The van der Waals surface area contributed by atoms with Crippen LogP contribution in [0.2, 0.25) is 0 Å². The minimum Gasteiger partial charge on any atom is -0.496 e. The van der Waals surface area contributed by atoms with E-state index in [0.717, 1.165) is 0 Å². The van der Waals surface area contributed by atoms with Crippen molar-refractivity contribution < 1.29 is 23.8 Å². The Labute approximate surface area is 163 Å². The molecule has 0 aliphatic carbocycles. The van der Waals surface area contributed by atoms with Gasteiger partial charge in [-0.15, -0.1) is 0 Å². The van der Waals surface area contributed by atoms with Gasteiger partial charge >= 0.3 is 6.03 Å². The summed E-state index contributed by atoms with van der Waals surface area (Å²) in [4.78, 5) is 26.0. The van der Waals surface area contributed by atoms with E-state index in [9.17, 15) is 9.59 Å². The number of rotatable bonds is 5. The van der Waals surface area contributed by atoms with Crippen LogP contribution in [0.4, 0.5) is 10.5 Å². The van der Waals surface area contributed by atoms with Gasteiger partial charge in [0.05, 0.1) is 19.2 Å². The monoisotopic (exact) mass is 385 g/mol. The minimum absolute atomic E-state index is 0.215. The highest BCUT2D eigenvalue weighted by atomic mass is 16.6. The summed E-state index contributed by atoms with van der Waals surface area (Å²) in [5.41, 5.74) is 0.848. The number of para-hydroxylation sites is 2. The summed E-state index contributed by atoms with van der Waals surface area (Å²) < 4.78 is 16.7. The van der Waals surface area contributed by atoms with E-state index >= 15 is 0 Å². The fraction of sp³-hybridized carbons (Fsp3) is 0.300. The van der Waals surface area contributed by atoms with E-state index in [2.05, 4.69) is 10.6 Å². The summed E-state index contributed by atoms with van der Waals surface area (Å²) >= 11 is 0. The molecule has 148 valence electrons. The van der Waals surface area contributed by atoms with Gasteiger partial charge in [-0.2, -0.15) is 0 Å². The molecular weight excluding hydrogens is 362 g/mol. The number of carbonyl (C=O) groups excluding carboxylic acids is 2. The van der Waals surface area contributed by atoms with Gasteiger partial charge in [-0.05, 0) is 30.3 Å². The second kappa shape index (κ2) is 8.51. The predicted molar refractivity (Wildman–Crippen MR) is 104 cm³/mol. The maximum atomic E-state index is 12.3. The van der Waals surface area contributed by atoms with Gasteiger partial charge in [0.2, 0.25) is 0 Å². The lowest BCUT2D eigenvalue weighted by atomic mass is 10.1. The SMILES string of the molecule is COc1ccc(NC(=O)NC[C@H]2COc3ccccc3O2)cc1C(=O)N(C)C. The van der Waals surface area contributed by atoms with Crippen LogP contribution in [0.5, 0.6) is 17.2 Å². The van der Waals surface area contributed by atoms with Gasteiger partial charge in [0.1, 0.15) is 12.4 Å². The number of ether oxygens (including phenoxy) is 3. The van der Waals surface area contributed by atoms with Crippen LogP contribution < -0.4 is 24.8 Å². The molecule has 8 heteroatoms. The molecule has 0 saturated heterocycles. The van der Waals surface area contributed by atoms with Gasteiger partial charge in [0, 0.05) is 19.8 Å². The molecular formula is C20H23N3O5. The Bertz CT molecular complexity index is 869. The van der Waals surface area contributed by atoms with E-state index in [0.29, 0.717) is 35.1 Å². The van der Waals surface area contributed by atoms with Gasteiger partial charge < -0.3 is 29.7 Å². The van der Waals surface area contributed by atoms with Gasteiger partial charge in [-0.25, -0.2) is 4.79 Å². The molecule has 2 aromatic carbocycles. The molecule has 1 heterocycles. The first-order valence-electron chi connectivity index (χ1n) is 8.81. The molecule has 2 aromatic rings. The molecule has 28 heavy (non-hydrogen) atoms. The van der Waals surface area contributed by atoms with Crippen LogP contribution in [0.1, 0.15) is 10.4 Å². The maximum Gasteiger partial charge on any atom is 0.319 e. The number of carbonyl (C=O) groups is 2. The predicted octanol–water partition coefficient (Wildman–Crippen LogP) is 2.36. The number of amides is 3. The van der Waals surface area contributed by atoms with Gasteiger partial charge in [-0.1, -0.05) is 12.1 Å². The number of hydrogen-bond donors (Lipinski definition) is 2. The van der Waals surface area contributed by atoms with Gasteiger partial charge in [0.15, 0.2) is 17.6 Å². The van der Waals surface area contributed by atoms with E-state index in [1.54, 1.807) is 32.3 Å². The zero-order chi connectivity index (χ0) is 20.1. The van der Waals surface area contributed by atoms with Crippen molar-refractivity contribution in [1.29, 1.82) is 0 Å². The van der Waals surface area contributed by atoms with Crippen molar-refractivity contribution in [3.05, 3.63) is 48.0 Å².